The van der Waals surface area contributed by atoms with Gasteiger partial charge in [-0.3, -0.25) is 4.79 Å². The number of ether oxygens (including phenoxy) is 1. The van der Waals surface area contributed by atoms with Crippen molar-refractivity contribution in [2.45, 2.75) is 26.5 Å². The first-order chi connectivity index (χ1) is 12.5. The van der Waals surface area contributed by atoms with Gasteiger partial charge >= 0.3 is 5.97 Å². The minimum absolute atomic E-state index is 0.223. The standard InChI is InChI=1S/C17H17N5O3S/c1-11-3-5-14(6-4-11)18-17(24)12(2)25-15(23)9-22-20-16(19-21-22)13-7-8-26-10-13/h3-8,10,12H,9H2,1-2H3,(H,18,24)/t12-/m1/s1. The summed E-state index contributed by atoms with van der Waals surface area (Å²) in [6, 6.07) is 9.20. The zero-order valence-electron chi connectivity index (χ0n) is 14.2. The molecule has 0 bridgehead atoms. The predicted octanol–water partition coefficient (Wildman–Crippen LogP) is 2.28. The second-order valence-electron chi connectivity index (χ2n) is 5.64. The quantitative estimate of drug-likeness (QED) is 0.668. The lowest BCUT2D eigenvalue weighted by molar-refractivity contribution is -0.154. The molecule has 0 unspecified atom stereocenters. The van der Waals surface area contributed by atoms with Crippen LogP contribution in [0.3, 0.4) is 0 Å². The lowest BCUT2D eigenvalue weighted by Crippen LogP contribution is -2.31. The summed E-state index contributed by atoms with van der Waals surface area (Å²) in [4.78, 5) is 25.2. The van der Waals surface area contributed by atoms with E-state index in [-0.39, 0.29) is 6.54 Å². The van der Waals surface area contributed by atoms with E-state index in [1.54, 1.807) is 12.1 Å². The van der Waals surface area contributed by atoms with Crippen molar-refractivity contribution in [3.8, 4) is 11.4 Å². The normalized spacial score (nSPS) is 11.8. The molecule has 2 aromatic heterocycles. The average molecular weight is 371 g/mol. The van der Waals surface area contributed by atoms with Gasteiger partial charge in [-0.15, -0.1) is 10.2 Å². The summed E-state index contributed by atoms with van der Waals surface area (Å²) in [5.74, 6) is -0.595. The van der Waals surface area contributed by atoms with Gasteiger partial charge in [-0.1, -0.05) is 17.7 Å². The number of rotatable bonds is 6. The van der Waals surface area contributed by atoms with E-state index >= 15 is 0 Å². The Kier molecular flexibility index (Phi) is 5.37. The molecule has 0 saturated heterocycles. The first-order valence-electron chi connectivity index (χ1n) is 7.88. The van der Waals surface area contributed by atoms with Crippen molar-refractivity contribution < 1.29 is 14.3 Å². The molecule has 0 aliphatic rings. The van der Waals surface area contributed by atoms with E-state index in [2.05, 4.69) is 20.7 Å². The van der Waals surface area contributed by atoms with Gasteiger partial charge < -0.3 is 10.1 Å². The van der Waals surface area contributed by atoms with E-state index in [1.807, 2.05) is 35.9 Å². The fraction of sp³-hybridized carbons (Fsp3) is 0.235. The zero-order valence-corrected chi connectivity index (χ0v) is 15.1. The summed E-state index contributed by atoms with van der Waals surface area (Å²) in [5.41, 5.74) is 2.56. The largest absolute Gasteiger partial charge is 0.451 e. The fourth-order valence-electron chi connectivity index (χ4n) is 2.10. The van der Waals surface area contributed by atoms with Crippen LogP contribution in [0.4, 0.5) is 5.69 Å². The second kappa shape index (κ2) is 7.87. The summed E-state index contributed by atoms with van der Waals surface area (Å²) in [7, 11) is 0. The molecular weight excluding hydrogens is 354 g/mol. The number of tetrazole rings is 1. The van der Waals surface area contributed by atoms with Gasteiger partial charge in [0.15, 0.2) is 12.6 Å². The van der Waals surface area contributed by atoms with Crippen molar-refractivity contribution in [3.05, 3.63) is 46.7 Å². The van der Waals surface area contributed by atoms with Crippen LogP contribution in [0, 0.1) is 6.92 Å². The number of carbonyl (C=O) groups is 2. The summed E-state index contributed by atoms with van der Waals surface area (Å²) in [6.07, 6.45) is -0.941. The number of aryl methyl sites for hydroxylation is 1. The minimum atomic E-state index is -0.941. The van der Waals surface area contributed by atoms with Crippen LogP contribution in [0.15, 0.2) is 41.1 Å². The van der Waals surface area contributed by atoms with Crippen molar-refractivity contribution >= 4 is 28.9 Å². The number of aromatic nitrogens is 4. The second-order valence-corrected chi connectivity index (χ2v) is 6.42. The molecule has 134 valence electrons. The molecule has 2 heterocycles. The summed E-state index contributed by atoms with van der Waals surface area (Å²) < 4.78 is 5.13. The minimum Gasteiger partial charge on any atom is -0.451 e. The van der Waals surface area contributed by atoms with Crippen molar-refractivity contribution in [1.29, 1.82) is 0 Å². The van der Waals surface area contributed by atoms with E-state index in [0.717, 1.165) is 15.9 Å². The molecule has 1 aromatic carbocycles. The van der Waals surface area contributed by atoms with Gasteiger partial charge in [-0.25, -0.2) is 4.79 Å². The monoisotopic (exact) mass is 371 g/mol. The molecular formula is C17H17N5O3S. The van der Waals surface area contributed by atoms with Crippen molar-refractivity contribution in [1.82, 2.24) is 20.2 Å². The maximum Gasteiger partial charge on any atom is 0.330 e. The number of nitrogens with zero attached hydrogens (tertiary/aromatic N) is 4. The number of hydrogen-bond acceptors (Lipinski definition) is 7. The summed E-state index contributed by atoms with van der Waals surface area (Å²) >= 11 is 1.52. The maximum absolute atomic E-state index is 12.1. The molecule has 0 fully saturated rings. The molecule has 1 atom stereocenters. The fourth-order valence-corrected chi connectivity index (χ4v) is 2.74. The molecule has 3 aromatic rings. The zero-order chi connectivity index (χ0) is 18.5. The van der Waals surface area contributed by atoms with Crippen molar-refractivity contribution in [3.63, 3.8) is 0 Å². The lowest BCUT2D eigenvalue weighted by atomic mass is 10.2. The van der Waals surface area contributed by atoms with Gasteiger partial charge in [0, 0.05) is 16.6 Å². The molecule has 0 spiro atoms. The summed E-state index contributed by atoms with van der Waals surface area (Å²) in [6.45, 7) is 3.24. The van der Waals surface area contributed by atoms with Crippen LogP contribution in [-0.4, -0.2) is 38.2 Å². The van der Waals surface area contributed by atoms with Crippen LogP contribution in [-0.2, 0) is 20.9 Å². The number of carbonyl (C=O) groups excluding carboxylic acids is 2. The van der Waals surface area contributed by atoms with Crippen LogP contribution in [0.1, 0.15) is 12.5 Å². The van der Waals surface area contributed by atoms with Gasteiger partial charge in [0.2, 0.25) is 5.82 Å². The molecule has 0 aliphatic heterocycles. The molecule has 0 aliphatic carbocycles. The molecule has 1 amide bonds. The van der Waals surface area contributed by atoms with Crippen LogP contribution >= 0.6 is 11.3 Å². The number of benzene rings is 1. The lowest BCUT2D eigenvalue weighted by Gasteiger charge is -2.13. The SMILES string of the molecule is Cc1ccc(NC(=O)[C@@H](C)OC(=O)Cn2nnc(-c3ccsc3)n2)cc1. The number of hydrogen-bond donors (Lipinski definition) is 1. The Hall–Kier alpha value is -3.07. The van der Waals surface area contributed by atoms with Gasteiger partial charge in [0.05, 0.1) is 0 Å². The Labute approximate surface area is 153 Å². The van der Waals surface area contributed by atoms with E-state index in [9.17, 15) is 9.59 Å². The molecule has 3 rings (SSSR count). The van der Waals surface area contributed by atoms with Crippen molar-refractivity contribution in [2.24, 2.45) is 0 Å². The average Bonchev–Trinajstić information content (AvgIpc) is 3.28. The van der Waals surface area contributed by atoms with E-state index in [4.69, 9.17) is 4.74 Å². The highest BCUT2D eigenvalue weighted by atomic mass is 32.1. The summed E-state index contributed by atoms with van der Waals surface area (Å²) in [5, 5.41) is 18.3. The topological polar surface area (TPSA) is 99.0 Å². The van der Waals surface area contributed by atoms with Crippen LogP contribution in [0.2, 0.25) is 0 Å². The van der Waals surface area contributed by atoms with E-state index in [0.29, 0.717) is 11.5 Å². The number of anilines is 1. The van der Waals surface area contributed by atoms with E-state index < -0.39 is 18.0 Å². The smallest absolute Gasteiger partial charge is 0.330 e. The highest BCUT2D eigenvalue weighted by molar-refractivity contribution is 7.08. The third kappa shape index (κ3) is 4.51. The van der Waals surface area contributed by atoms with Gasteiger partial charge in [0.25, 0.3) is 5.91 Å². The molecule has 0 radical (unpaired) electrons. The Balaban J connectivity index is 1.52. The molecule has 0 saturated carbocycles. The molecule has 8 nitrogen and oxygen atoms in total. The highest BCUT2D eigenvalue weighted by Crippen LogP contribution is 2.16. The number of nitrogens with one attached hydrogen (secondary N) is 1. The maximum atomic E-state index is 12.1. The first kappa shape index (κ1) is 17.7. The van der Waals surface area contributed by atoms with Gasteiger partial charge in [-0.2, -0.15) is 16.1 Å². The Morgan fingerprint density at radius 2 is 2.04 bits per heavy atom. The first-order valence-corrected chi connectivity index (χ1v) is 8.83. The molecule has 1 N–H and O–H groups in total. The molecule has 9 heteroatoms. The number of thiophene rings is 1. The van der Waals surface area contributed by atoms with Crippen LogP contribution < -0.4 is 5.32 Å². The Morgan fingerprint density at radius 3 is 2.73 bits per heavy atom. The number of amides is 1. The van der Waals surface area contributed by atoms with E-state index in [1.165, 1.54) is 18.3 Å². The molecule has 26 heavy (non-hydrogen) atoms. The van der Waals surface area contributed by atoms with Crippen molar-refractivity contribution in [2.75, 3.05) is 5.32 Å². The van der Waals surface area contributed by atoms with Gasteiger partial charge in [0.1, 0.15) is 0 Å². The van der Waals surface area contributed by atoms with Gasteiger partial charge in [-0.05, 0) is 42.6 Å². The van der Waals surface area contributed by atoms with Crippen LogP contribution in [0.5, 0.6) is 0 Å². The number of esters is 1. The third-order valence-corrected chi connectivity index (χ3v) is 4.18. The third-order valence-electron chi connectivity index (χ3n) is 3.50. The van der Waals surface area contributed by atoms with Crippen LogP contribution in [0.25, 0.3) is 11.4 Å². The predicted molar refractivity (Wildman–Crippen MR) is 96.5 cm³/mol. The Bertz CT molecular complexity index is 890. The highest BCUT2D eigenvalue weighted by Gasteiger charge is 2.19. The Morgan fingerprint density at radius 1 is 1.27 bits per heavy atom.